The number of ether oxygens (including phenoxy) is 1. The van der Waals surface area contributed by atoms with Gasteiger partial charge in [-0.25, -0.2) is 0 Å². The lowest BCUT2D eigenvalue weighted by molar-refractivity contribution is 0.204. The molecule has 5 heteroatoms. The van der Waals surface area contributed by atoms with Gasteiger partial charge in [-0.1, -0.05) is 23.8 Å². The Kier molecular flexibility index (Phi) is 5.85. The summed E-state index contributed by atoms with van der Waals surface area (Å²) in [4.78, 5) is 2.56. The van der Waals surface area contributed by atoms with E-state index in [0.29, 0.717) is 22.7 Å². The largest absolute Gasteiger partial charge is 0.389 e. The van der Waals surface area contributed by atoms with E-state index >= 15 is 0 Å². The zero-order chi connectivity index (χ0) is 13.7. The van der Waals surface area contributed by atoms with Crippen molar-refractivity contribution in [1.29, 1.82) is 0 Å². The summed E-state index contributed by atoms with van der Waals surface area (Å²) in [5.41, 5.74) is 7.57. The van der Waals surface area contributed by atoms with Crippen LogP contribution in [-0.4, -0.2) is 31.3 Å². The normalized spacial score (nSPS) is 10.7. The Morgan fingerprint density at radius 2 is 2.17 bits per heavy atom. The van der Waals surface area contributed by atoms with Crippen LogP contribution in [0, 0.1) is 0 Å². The summed E-state index contributed by atoms with van der Waals surface area (Å²) in [6.07, 6.45) is 0. The minimum atomic E-state index is 0.328. The molecule has 2 N–H and O–H groups in total. The van der Waals surface area contributed by atoms with Crippen LogP contribution in [0.5, 0.6) is 0 Å². The van der Waals surface area contributed by atoms with Crippen molar-refractivity contribution in [3.05, 3.63) is 28.8 Å². The van der Waals surface area contributed by atoms with Gasteiger partial charge < -0.3 is 15.4 Å². The first kappa shape index (κ1) is 15.2. The third-order valence-corrected chi connectivity index (χ3v) is 3.15. The summed E-state index contributed by atoms with van der Waals surface area (Å²) in [5, 5.41) is 0.636. The molecule has 0 aliphatic heterocycles. The topological polar surface area (TPSA) is 38.5 Å². The molecule has 0 unspecified atom stereocenters. The number of halogens is 1. The Hall–Kier alpha value is -0.840. The van der Waals surface area contributed by atoms with Crippen molar-refractivity contribution in [3.8, 4) is 0 Å². The highest BCUT2D eigenvalue weighted by Gasteiger charge is 2.16. The van der Waals surface area contributed by atoms with Crippen molar-refractivity contribution in [1.82, 2.24) is 0 Å². The molecule has 0 radical (unpaired) electrons. The molecule has 100 valence electrons. The van der Waals surface area contributed by atoms with Gasteiger partial charge in [0.15, 0.2) is 0 Å². The van der Waals surface area contributed by atoms with Gasteiger partial charge >= 0.3 is 0 Å². The Labute approximate surface area is 119 Å². The molecule has 0 aliphatic rings. The second kappa shape index (κ2) is 6.92. The van der Waals surface area contributed by atoms with Crippen LogP contribution in [0.25, 0.3) is 0 Å². The molecule has 0 bridgehead atoms. The molecule has 0 heterocycles. The van der Waals surface area contributed by atoms with Gasteiger partial charge in [-0.05, 0) is 32.0 Å². The average Bonchev–Trinajstić information content (AvgIpc) is 2.30. The molecule has 0 aliphatic carbocycles. The SMILES string of the molecule is COCCN(c1ccc(Cl)cc1C(N)=S)C(C)C. The molecule has 1 rings (SSSR count). The molecule has 0 amide bonds. The summed E-state index contributed by atoms with van der Waals surface area (Å²) >= 11 is 11.1. The van der Waals surface area contributed by atoms with Crippen LogP contribution in [-0.2, 0) is 4.74 Å². The van der Waals surface area contributed by atoms with E-state index in [2.05, 4.69) is 18.7 Å². The first-order chi connectivity index (χ1) is 8.47. The number of thiocarbonyl (C=S) groups is 1. The third-order valence-electron chi connectivity index (χ3n) is 2.69. The van der Waals surface area contributed by atoms with Crippen molar-refractivity contribution >= 4 is 34.5 Å². The fraction of sp³-hybridized carbons (Fsp3) is 0.462. The van der Waals surface area contributed by atoms with Gasteiger partial charge in [-0.3, -0.25) is 0 Å². The second-order valence-corrected chi connectivity index (χ2v) is 5.18. The van der Waals surface area contributed by atoms with Crippen LogP contribution < -0.4 is 10.6 Å². The van der Waals surface area contributed by atoms with E-state index in [1.807, 2.05) is 12.1 Å². The molecule has 18 heavy (non-hydrogen) atoms. The van der Waals surface area contributed by atoms with Crippen molar-refractivity contribution in [2.45, 2.75) is 19.9 Å². The predicted octanol–water partition coefficient (Wildman–Crippen LogP) is 2.84. The highest BCUT2D eigenvalue weighted by atomic mass is 35.5. The van der Waals surface area contributed by atoms with Crippen molar-refractivity contribution in [2.24, 2.45) is 5.73 Å². The smallest absolute Gasteiger partial charge is 0.106 e. The van der Waals surface area contributed by atoms with E-state index in [-0.39, 0.29) is 0 Å². The summed E-state index contributed by atoms with van der Waals surface area (Å²) in [7, 11) is 1.69. The maximum atomic E-state index is 5.99. The van der Waals surface area contributed by atoms with E-state index in [9.17, 15) is 0 Å². The number of benzene rings is 1. The number of rotatable bonds is 6. The Morgan fingerprint density at radius 3 is 2.67 bits per heavy atom. The lowest BCUT2D eigenvalue weighted by atomic mass is 10.1. The van der Waals surface area contributed by atoms with E-state index < -0.39 is 0 Å². The fourth-order valence-corrected chi connectivity index (χ4v) is 2.14. The van der Waals surface area contributed by atoms with E-state index in [4.69, 9.17) is 34.3 Å². The van der Waals surface area contributed by atoms with Gasteiger partial charge in [-0.15, -0.1) is 0 Å². The lowest BCUT2D eigenvalue weighted by Crippen LogP contribution is -2.35. The van der Waals surface area contributed by atoms with Crippen molar-refractivity contribution < 1.29 is 4.74 Å². The van der Waals surface area contributed by atoms with Gasteiger partial charge in [0.2, 0.25) is 0 Å². The first-order valence-electron chi connectivity index (χ1n) is 5.82. The summed E-state index contributed by atoms with van der Waals surface area (Å²) in [5.74, 6) is 0. The molecule has 0 spiro atoms. The van der Waals surface area contributed by atoms with E-state index in [1.165, 1.54) is 0 Å². The highest BCUT2D eigenvalue weighted by Crippen LogP contribution is 2.26. The number of anilines is 1. The van der Waals surface area contributed by atoms with Crippen LogP contribution in [0.15, 0.2) is 18.2 Å². The Morgan fingerprint density at radius 1 is 1.50 bits per heavy atom. The standard InChI is InChI=1S/C13H19ClN2OS/c1-9(2)16(6-7-17-3)12-5-4-10(14)8-11(12)13(15)18/h4-5,8-9H,6-7H2,1-3H3,(H2,15,18). The fourth-order valence-electron chi connectivity index (χ4n) is 1.80. The molecule has 0 saturated heterocycles. The molecule has 1 aromatic carbocycles. The number of hydrogen-bond donors (Lipinski definition) is 1. The minimum Gasteiger partial charge on any atom is -0.389 e. The van der Waals surface area contributed by atoms with Crippen LogP contribution in [0.4, 0.5) is 5.69 Å². The van der Waals surface area contributed by atoms with Gasteiger partial charge in [0, 0.05) is 36.0 Å². The van der Waals surface area contributed by atoms with E-state index in [1.54, 1.807) is 13.2 Å². The van der Waals surface area contributed by atoms with Gasteiger partial charge in [0.25, 0.3) is 0 Å². The molecule has 3 nitrogen and oxygen atoms in total. The maximum absolute atomic E-state index is 5.99. The summed E-state index contributed by atoms with van der Waals surface area (Å²) in [6.45, 7) is 5.67. The first-order valence-corrected chi connectivity index (χ1v) is 6.61. The number of hydrogen-bond acceptors (Lipinski definition) is 3. The van der Waals surface area contributed by atoms with Crippen molar-refractivity contribution in [2.75, 3.05) is 25.2 Å². The second-order valence-electron chi connectivity index (χ2n) is 4.31. The van der Waals surface area contributed by atoms with E-state index in [0.717, 1.165) is 17.8 Å². The van der Waals surface area contributed by atoms with Crippen molar-refractivity contribution in [3.63, 3.8) is 0 Å². The average molecular weight is 287 g/mol. The monoisotopic (exact) mass is 286 g/mol. The zero-order valence-electron chi connectivity index (χ0n) is 10.9. The van der Waals surface area contributed by atoms with Gasteiger partial charge in [0.1, 0.15) is 4.99 Å². The number of methoxy groups -OCH3 is 1. The van der Waals surface area contributed by atoms with Gasteiger partial charge in [0.05, 0.1) is 6.61 Å². The zero-order valence-corrected chi connectivity index (χ0v) is 12.5. The molecule has 0 aromatic heterocycles. The molecular weight excluding hydrogens is 268 g/mol. The van der Waals surface area contributed by atoms with Gasteiger partial charge in [-0.2, -0.15) is 0 Å². The van der Waals surface area contributed by atoms with Crippen LogP contribution in [0.3, 0.4) is 0 Å². The summed E-state index contributed by atoms with van der Waals surface area (Å²) < 4.78 is 5.14. The molecule has 0 saturated carbocycles. The van der Waals surface area contributed by atoms with Crippen LogP contribution in [0.2, 0.25) is 5.02 Å². The molecule has 0 atom stereocenters. The number of nitrogens with zero attached hydrogens (tertiary/aromatic N) is 1. The Bertz CT molecular complexity index is 423. The van der Waals surface area contributed by atoms with Crippen LogP contribution in [0.1, 0.15) is 19.4 Å². The quantitative estimate of drug-likeness (QED) is 0.816. The minimum absolute atomic E-state index is 0.328. The molecule has 1 aromatic rings. The maximum Gasteiger partial charge on any atom is 0.106 e. The Balaban J connectivity index is 3.14. The highest BCUT2D eigenvalue weighted by molar-refractivity contribution is 7.80. The molecule has 0 fully saturated rings. The lowest BCUT2D eigenvalue weighted by Gasteiger charge is -2.30. The predicted molar refractivity (Wildman–Crippen MR) is 81.7 cm³/mol. The summed E-state index contributed by atoms with van der Waals surface area (Å²) in [6, 6.07) is 5.93. The number of nitrogens with two attached hydrogens (primary N) is 1. The molecular formula is C13H19ClN2OS. The van der Waals surface area contributed by atoms with Crippen LogP contribution >= 0.6 is 23.8 Å². The third kappa shape index (κ3) is 3.83.